The number of nitrogens with zero attached hydrogens (tertiary/aromatic N) is 2. The van der Waals surface area contributed by atoms with Crippen molar-refractivity contribution in [2.24, 2.45) is 0 Å². The van der Waals surface area contributed by atoms with Crippen molar-refractivity contribution in [2.45, 2.75) is 38.8 Å². The number of aromatic nitrogens is 2. The zero-order valence-corrected chi connectivity index (χ0v) is 14.9. The lowest BCUT2D eigenvalue weighted by Gasteiger charge is -2.10. The molecule has 5 heteroatoms. The number of hydrogen-bond donors (Lipinski definition) is 1. The first-order chi connectivity index (χ1) is 12.3. The van der Waals surface area contributed by atoms with Crippen LogP contribution in [-0.4, -0.2) is 15.7 Å². The lowest BCUT2D eigenvalue weighted by molar-refractivity contribution is 0.0955. The zero-order chi connectivity index (χ0) is 17.1. The number of fused-ring (bicyclic) bond motifs is 1. The van der Waals surface area contributed by atoms with E-state index in [-0.39, 0.29) is 5.91 Å². The zero-order valence-electron chi connectivity index (χ0n) is 14.1. The fraction of sp³-hybridized carbons (Fsp3) is 0.300. The maximum atomic E-state index is 12.5. The molecule has 25 heavy (non-hydrogen) atoms. The lowest BCUT2D eigenvalue weighted by Crippen LogP contribution is -2.22. The Morgan fingerprint density at radius 2 is 2.00 bits per heavy atom. The predicted octanol–water partition coefficient (Wildman–Crippen LogP) is 3.80. The number of rotatable bonds is 5. The van der Waals surface area contributed by atoms with Gasteiger partial charge in [0.2, 0.25) is 0 Å². The molecule has 1 amide bonds. The summed E-state index contributed by atoms with van der Waals surface area (Å²) >= 11 is 1.66. The Hall–Kier alpha value is -2.40. The summed E-state index contributed by atoms with van der Waals surface area (Å²) in [6.07, 6.45) is 8.46. The molecule has 2 aromatic heterocycles. The summed E-state index contributed by atoms with van der Waals surface area (Å²) in [4.78, 5) is 14.8. The molecule has 1 aliphatic carbocycles. The van der Waals surface area contributed by atoms with Gasteiger partial charge < -0.3 is 5.32 Å². The summed E-state index contributed by atoms with van der Waals surface area (Å²) in [5, 5.41) is 7.35. The molecule has 0 aliphatic heterocycles. The van der Waals surface area contributed by atoms with Crippen LogP contribution in [0.3, 0.4) is 0 Å². The third-order valence-electron chi connectivity index (χ3n) is 4.67. The fourth-order valence-electron chi connectivity index (χ4n) is 3.32. The first-order valence-corrected chi connectivity index (χ1v) is 9.55. The minimum Gasteiger partial charge on any atom is -0.347 e. The number of benzene rings is 1. The number of aryl methyl sites for hydroxylation is 2. The van der Waals surface area contributed by atoms with Crippen molar-refractivity contribution in [1.29, 1.82) is 0 Å². The van der Waals surface area contributed by atoms with Crippen LogP contribution < -0.4 is 5.32 Å². The average molecular weight is 351 g/mol. The SMILES string of the molecule is O=C(NCc1ccccc1Cn1cccn1)c1cc2c(s1)CCCC2. The van der Waals surface area contributed by atoms with Crippen LogP contribution in [0.1, 0.15) is 44.1 Å². The third kappa shape index (κ3) is 3.66. The van der Waals surface area contributed by atoms with Gasteiger partial charge in [-0.05, 0) is 54.5 Å². The minimum absolute atomic E-state index is 0.0355. The van der Waals surface area contributed by atoms with Crippen LogP contribution in [0.2, 0.25) is 0 Å². The molecule has 0 bridgehead atoms. The molecule has 0 unspecified atom stereocenters. The smallest absolute Gasteiger partial charge is 0.261 e. The largest absolute Gasteiger partial charge is 0.347 e. The summed E-state index contributed by atoms with van der Waals surface area (Å²) in [5.41, 5.74) is 3.69. The molecular weight excluding hydrogens is 330 g/mol. The van der Waals surface area contributed by atoms with Crippen molar-refractivity contribution in [3.8, 4) is 0 Å². The highest BCUT2D eigenvalue weighted by Crippen LogP contribution is 2.29. The summed E-state index contributed by atoms with van der Waals surface area (Å²) < 4.78 is 1.90. The van der Waals surface area contributed by atoms with Gasteiger partial charge in [-0.15, -0.1) is 11.3 Å². The van der Waals surface area contributed by atoms with Crippen molar-refractivity contribution in [3.05, 3.63) is 75.2 Å². The van der Waals surface area contributed by atoms with Crippen LogP contribution in [0.25, 0.3) is 0 Å². The Bertz CT molecular complexity index is 843. The molecule has 128 valence electrons. The van der Waals surface area contributed by atoms with Crippen molar-refractivity contribution in [3.63, 3.8) is 0 Å². The maximum absolute atomic E-state index is 12.5. The first kappa shape index (κ1) is 16.1. The van der Waals surface area contributed by atoms with Gasteiger partial charge in [0.1, 0.15) is 0 Å². The molecule has 0 saturated carbocycles. The van der Waals surface area contributed by atoms with Crippen LogP contribution in [-0.2, 0) is 25.9 Å². The topological polar surface area (TPSA) is 46.9 Å². The molecule has 0 saturated heterocycles. The van der Waals surface area contributed by atoms with E-state index in [0.717, 1.165) is 23.3 Å². The van der Waals surface area contributed by atoms with Gasteiger partial charge in [0.15, 0.2) is 0 Å². The molecule has 0 radical (unpaired) electrons. The van der Waals surface area contributed by atoms with Crippen molar-refractivity contribution in [2.75, 3.05) is 0 Å². The first-order valence-electron chi connectivity index (χ1n) is 8.73. The highest BCUT2D eigenvalue weighted by atomic mass is 32.1. The Balaban J connectivity index is 1.44. The van der Waals surface area contributed by atoms with Gasteiger partial charge in [-0.25, -0.2) is 0 Å². The quantitative estimate of drug-likeness (QED) is 0.760. The van der Waals surface area contributed by atoms with E-state index in [9.17, 15) is 4.79 Å². The van der Waals surface area contributed by atoms with E-state index in [1.807, 2.05) is 29.1 Å². The van der Waals surface area contributed by atoms with E-state index in [0.29, 0.717) is 13.1 Å². The maximum Gasteiger partial charge on any atom is 0.261 e. The molecule has 2 heterocycles. The van der Waals surface area contributed by atoms with Gasteiger partial charge in [0.05, 0.1) is 11.4 Å². The number of amides is 1. The second-order valence-electron chi connectivity index (χ2n) is 6.42. The summed E-state index contributed by atoms with van der Waals surface area (Å²) in [5.74, 6) is 0.0355. The Kier molecular flexibility index (Phi) is 4.65. The Morgan fingerprint density at radius 1 is 1.16 bits per heavy atom. The number of carbonyl (C=O) groups excluding carboxylic acids is 1. The lowest BCUT2D eigenvalue weighted by atomic mass is 9.99. The molecule has 4 nitrogen and oxygen atoms in total. The van der Waals surface area contributed by atoms with Gasteiger partial charge >= 0.3 is 0 Å². The second-order valence-corrected chi connectivity index (χ2v) is 7.56. The van der Waals surface area contributed by atoms with Gasteiger partial charge in [-0.1, -0.05) is 24.3 Å². The Labute approximate surface area is 151 Å². The summed E-state index contributed by atoms with van der Waals surface area (Å²) in [6.45, 7) is 1.26. The van der Waals surface area contributed by atoms with Crippen molar-refractivity contribution >= 4 is 17.2 Å². The van der Waals surface area contributed by atoms with Gasteiger partial charge in [-0.3, -0.25) is 9.48 Å². The van der Waals surface area contributed by atoms with Gasteiger partial charge in [-0.2, -0.15) is 5.10 Å². The van der Waals surface area contributed by atoms with E-state index in [1.165, 1.54) is 28.8 Å². The number of hydrogen-bond acceptors (Lipinski definition) is 3. The predicted molar refractivity (Wildman–Crippen MR) is 99.9 cm³/mol. The number of carbonyl (C=O) groups is 1. The molecule has 1 N–H and O–H groups in total. The van der Waals surface area contributed by atoms with E-state index >= 15 is 0 Å². The highest BCUT2D eigenvalue weighted by molar-refractivity contribution is 7.14. The Morgan fingerprint density at radius 3 is 2.80 bits per heavy atom. The van der Waals surface area contributed by atoms with E-state index in [1.54, 1.807) is 17.5 Å². The molecule has 0 spiro atoms. The number of nitrogens with one attached hydrogen (secondary N) is 1. The van der Waals surface area contributed by atoms with Crippen LogP contribution in [0, 0.1) is 0 Å². The van der Waals surface area contributed by atoms with Crippen LogP contribution in [0.5, 0.6) is 0 Å². The minimum atomic E-state index is 0.0355. The molecule has 4 rings (SSSR count). The molecule has 0 fully saturated rings. The fourth-order valence-corrected chi connectivity index (χ4v) is 4.49. The summed E-state index contributed by atoms with van der Waals surface area (Å²) in [7, 11) is 0. The van der Waals surface area contributed by atoms with Crippen LogP contribution >= 0.6 is 11.3 Å². The molecule has 1 aliphatic rings. The molecule has 3 aromatic rings. The van der Waals surface area contributed by atoms with E-state index in [2.05, 4.69) is 28.6 Å². The monoisotopic (exact) mass is 351 g/mol. The van der Waals surface area contributed by atoms with E-state index < -0.39 is 0 Å². The molecule has 0 atom stereocenters. The van der Waals surface area contributed by atoms with Crippen molar-refractivity contribution in [1.82, 2.24) is 15.1 Å². The highest BCUT2D eigenvalue weighted by Gasteiger charge is 2.17. The van der Waals surface area contributed by atoms with Gasteiger partial charge in [0.25, 0.3) is 5.91 Å². The summed E-state index contributed by atoms with van der Waals surface area (Å²) in [6, 6.07) is 12.2. The molecular formula is C20H21N3OS. The van der Waals surface area contributed by atoms with Crippen molar-refractivity contribution < 1.29 is 4.79 Å². The van der Waals surface area contributed by atoms with Crippen LogP contribution in [0.4, 0.5) is 0 Å². The molecule has 1 aromatic carbocycles. The normalized spacial score (nSPS) is 13.4. The van der Waals surface area contributed by atoms with E-state index in [4.69, 9.17) is 0 Å². The van der Waals surface area contributed by atoms with Crippen LogP contribution in [0.15, 0.2) is 48.8 Å². The average Bonchev–Trinajstić information content (AvgIpc) is 3.30. The standard InChI is InChI=1S/C20H21N3OS/c24-20(19-12-15-6-3-4-9-18(15)25-19)21-13-16-7-1-2-8-17(16)14-23-11-5-10-22-23/h1-2,5,7-8,10-12H,3-4,6,9,13-14H2,(H,21,24). The van der Waals surface area contributed by atoms with Gasteiger partial charge in [0, 0.05) is 23.8 Å². The number of thiophene rings is 1. The second kappa shape index (κ2) is 7.23. The third-order valence-corrected chi connectivity index (χ3v) is 5.91.